The van der Waals surface area contributed by atoms with Crippen molar-refractivity contribution in [2.75, 3.05) is 7.11 Å². The van der Waals surface area contributed by atoms with Crippen LogP contribution in [0.4, 0.5) is 0 Å². The molecule has 4 nitrogen and oxygen atoms in total. The van der Waals surface area contributed by atoms with Crippen molar-refractivity contribution >= 4 is 23.4 Å². The summed E-state index contributed by atoms with van der Waals surface area (Å²) in [5, 5.41) is 12.2. The van der Waals surface area contributed by atoms with Crippen LogP contribution in [0.2, 0.25) is 5.02 Å². The number of ether oxygens (including phenoxy) is 1. The lowest BCUT2D eigenvalue weighted by atomic mass is 9.62. The van der Waals surface area contributed by atoms with Crippen molar-refractivity contribution in [1.82, 2.24) is 0 Å². The van der Waals surface area contributed by atoms with E-state index < -0.39 is 17.0 Å². The minimum Gasteiger partial charge on any atom is -0.466 e. The maximum absolute atomic E-state index is 12.8. The molecule has 1 aromatic rings. The van der Waals surface area contributed by atoms with Gasteiger partial charge in [0.05, 0.1) is 7.11 Å². The minimum absolute atomic E-state index is 0.0392. The molecule has 28 heavy (non-hydrogen) atoms. The first-order chi connectivity index (χ1) is 13.0. The molecule has 0 fully saturated rings. The van der Waals surface area contributed by atoms with Gasteiger partial charge in [-0.25, -0.2) is 4.79 Å². The van der Waals surface area contributed by atoms with Crippen molar-refractivity contribution < 1.29 is 19.4 Å². The summed E-state index contributed by atoms with van der Waals surface area (Å²) in [6.07, 6.45) is 5.39. The number of hydrogen-bond donors (Lipinski definition) is 1. The number of benzene rings is 1. The van der Waals surface area contributed by atoms with Crippen molar-refractivity contribution in [2.45, 2.75) is 46.1 Å². The quantitative estimate of drug-likeness (QED) is 0.444. The second-order valence-electron chi connectivity index (χ2n) is 7.90. The van der Waals surface area contributed by atoms with E-state index in [2.05, 4.69) is 4.74 Å². The largest absolute Gasteiger partial charge is 0.466 e. The van der Waals surface area contributed by atoms with Gasteiger partial charge >= 0.3 is 5.97 Å². The maximum Gasteiger partial charge on any atom is 0.330 e. The Morgan fingerprint density at radius 3 is 2.46 bits per heavy atom. The predicted molar refractivity (Wildman–Crippen MR) is 111 cm³/mol. The Hall–Kier alpha value is -2.17. The smallest absolute Gasteiger partial charge is 0.330 e. The molecule has 5 heteroatoms. The fourth-order valence-corrected chi connectivity index (χ4v) is 3.65. The van der Waals surface area contributed by atoms with Crippen molar-refractivity contribution in [3.8, 4) is 0 Å². The fourth-order valence-electron chi connectivity index (χ4n) is 3.52. The van der Waals surface area contributed by atoms with Gasteiger partial charge in [-0.05, 0) is 48.8 Å². The SMILES string of the molecule is COC(=O)/C=C(C)\C=C\[C@@]1(O)C(C)=C(Cc2ccc(Cl)cc2)C(=O)CC1(C)C. The summed E-state index contributed by atoms with van der Waals surface area (Å²) in [4.78, 5) is 24.2. The summed E-state index contributed by atoms with van der Waals surface area (Å²) in [6, 6.07) is 7.34. The zero-order valence-corrected chi connectivity index (χ0v) is 17.8. The molecule has 0 saturated heterocycles. The number of carbonyl (C=O) groups is 2. The summed E-state index contributed by atoms with van der Waals surface area (Å²) in [5.74, 6) is -0.416. The van der Waals surface area contributed by atoms with Crippen LogP contribution in [0.1, 0.15) is 39.7 Å². The molecule has 2 rings (SSSR count). The molecule has 0 saturated carbocycles. The highest BCUT2D eigenvalue weighted by Gasteiger charge is 2.49. The average molecular weight is 403 g/mol. The van der Waals surface area contributed by atoms with E-state index in [1.807, 2.05) is 26.0 Å². The molecule has 0 radical (unpaired) electrons. The average Bonchev–Trinajstić information content (AvgIpc) is 2.63. The van der Waals surface area contributed by atoms with Crippen molar-refractivity contribution in [1.29, 1.82) is 0 Å². The van der Waals surface area contributed by atoms with E-state index >= 15 is 0 Å². The van der Waals surface area contributed by atoms with E-state index in [-0.39, 0.29) is 12.2 Å². The number of ketones is 1. The molecule has 0 spiro atoms. The molecule has 0 heterocycles. The van der Waals surface area contributed by atoms with Crippen LogP contribution in [0.3, 0.4) is 0 Å². The first kappa shape index (κ1) is 22.1. The van der Waals surface area contributed by atoms with Gasteiger partial charge in [-0.15, -0.1) is 0 Å². The van der Waals surface area contributed by atoms with Crippen molar-refractivity contribution in [2.24, 2.45) is 5.41 Å². The van der Waals surface area contributed by atoms with Gasteiger partial charge in [-0.1, -0.05) is 43.7 Å². The summed E-state index contributed by atoms with van der Waals surface area (Å²) < 4.78 is 4.63. The second-order valence-corrected chi connectivity index (χ2v) is 8.34. The molecule has 0 amide bonds. The number of halogens is 1. The first-order valence-corrected chi connectivity index (χ1v) is 9.53. The molecule has 0 bridgehead atoms. The van der Waals surface area contributed by atoms with Crippen LogP contribution >= 0.6 is 11.6 Å². The molecule has 0 unspecified atom stereocenters. The van der Waals surface area contributed by atoms with Crippen LogP contribution in [-0.2, 0) is 20.7 Å². The van der Waals surface area contributed by atoms with Gasteiger partial charge in [-0.3, -0.25) is 4.79 Å². The number of methoxy groups -OCH3 is 1. The molecule has 1 aliphatic rings. The highest BCUT2D eigenvalue weighted by atomic mass is 35.5. The maximum atomic E-state index is 12.8. The number of aliphatic hydroxyl groups is 1. The van der Waals surface area contributed by atoms with Crippen molar-refractivity contribution in [3.05, 3.63) is 69.8 Å². The number of rotatable bonds is 5. The van der Waals surface area contributed by atoms with Gasteiger partial charge in [0.2, 0.25) is 0 Å². The lowest BCUT2D eigenvalue weighted by Gasteiger charge is -2.46. The zero-order valence-electron chi connectivity index (χ0n) is 17.0. The number of allylic oxidation sites excluding steroid dienone is 3. The molecular weight excluding hydrogens is 376 g/mol. The monoisotopic (exact) mass is 402 g/mol. The molecular formula is C23H27ClO4. The van der Waals surface area contributed by atoms with Crippen LogP contribution in [-0.4, -0.2) is 29.6 Å². The molecule has 1 N–H and O–H groups in total. The summed E-state index contributed by atoms with van der Waals surface area (Å²) in [5.41, 5.74) is 0.863. The Balaban J connectivity index is 2.45. The van der Waals surface area contributed by atoms with Gasteiger partial charge in [0.1, 0.15) is 5.60 Å². The van der Waals surface area contributed by atoms with Gasteiger partial charge < -0.3 is 9.84 Å². The standard InChI is InChI=1S/C23H27ClO4/c1-15(12-21(26)28-5)10-11-23(27)16(2)19(20(25)14-22(23,3)4)13-17-6-8-18(24)9-7-17/h6-12,27H,13-14H2,1-5H3/b11-10+,15-12-/t23-/m1/s1. The molecule has 150 valence electrons. The molecule has 0 aromatic heterocycles. The van der Waals surface area contributed by atoms with Crippen LogP contribution in [0.5, 0.6) is 0 Å². The number of esters is 1. The van der Waals surface area contributed by atoms with Gasteiger partial charge in [0.15, 0.2) is 5.78 Å². The minimum atomic E-state index is -1.31. The van der Waals surface area contributed by atoms with E-state index in [1.54, 1.807) is 38.1 Å². The van der Waals surface area contributed by atoms with Crippen LogP contribution in [0.25, 0.3) is 0 Å². The van der Waals surface area contributed by atoms with Crippen molar-refractivity contribution in [3.63, 3.8) is 0 Å². The third-order valence-corrected chi connectivity index (χ3v) is 5.68. The van der Waals surface area contributed by atoms with E-state index in [0.29, 0.717) is 28.2 Å². The van der Waals surface area contributed by atoms with Crippen LogP contribution in [0.15, 0.2) is 59.2 Å². The van der Waals surface area contributed by atoms with Crippen LogP contribution < -0.4 is 0 Å². The van der Waals surface area contributed by atoms with E-state index in [1.165, 1.54) is 13.2 Å². The topological polar surface area (TPSA) is 63.6 Å². The summed E-state index contributed by atoms with van der Waals surface area (Å²) in [7, 11) is 1.31. The normalized spacial score (nSPS) is 22.7. The highest BCUT2D eigenvalue weighted by molar-refractivity contribution is 6.30. The van der Waals surface area contributed by atoms with Gasteiger partial charge in [-0.2, -0.15) is 0 Å². The lowest BCUT2D eigenvalue weighted by molar-refractivity contribution is -0.134. The Morgan fingerprint density at radius 1 is 1.29 bits per heavy atom. The fraction of sp³-hybridized carbons (Fsp3) is 0.391. The Labute approximate surface area is 171 Å². The highest BCUT2D eigenvalue weighted by Crippen LogP contribution is 2.47. The van der Waals surface area contributed by atoms with E-state index in [9.17, 15) is 14.7 Å². The zero-order chi connectivity index (χ0) is 21.1. The Bertz CT molecular complexity index is 859. The molecule has 1 aromatic carbocycles. The third kappa shape index (κ3) is 4.62. The Kier molecular flexibility index (Phi) is 6.68. The second kappa shape index (κ2) is 8.46. The first-order valence-electron chi connectivity index (χ1n) is 9.16. The lowest BCUT2D eigenvalue weighted by Crippen LogP contribution is -2.49. The van der Waals surface area contributed by atoms with E-state index in [4.69, 9.17) is 11.6 Å². The third-order valence-electron chi connectivity index (χ3n) is 5.42. The Morgan fingerprint density at radius 2 is 1.89 bits per heavy atom. The van der Waals surface area contributed by atoms with Gasteiger partial charge in [0.25, 0.3) is 0 Å². The predicted octanol–water partition coefficient (Wildman–Crippen LogP) is 4.60. The van der Waals surface area contributed by atoms with Crippen LogP contribution in [0, 0.1) is 5.41 Å². The number of Topliss-reactive ketones (excluding diaryl/α,β-unsaturated/α-hetero) is 1. The van der Waals surface area contributed by atoms with Gasteiger partial charge in [0, 0.05) is 34.9 Å². The van der Waals surface area contributed by atoms with E-state index in [0.717, 1.165) is 5.56 Å². The number of hydrogen-bond acceptors (Lipinski definition) is 4. The summed E-state index contributed by atoms with van der Waals surface area (Å²) >= 11 is 5.95. The molecule has 0 aliphatic heterocycles. The molecule has 1 aliphatic carbocycles. The molecule has 1 atom stereocenters. The summed E-state index contributed by atoms with van der Waals surface area (Å²) in [6.45, 7) is 7.30. The number of carbonyl (C=O) groups excluding carboxylic acids is 2.